The molecule has 0 unspecified atom stereocenters. The molecule has 3 rings (SSSR count). The molecule has 0 spiro atoms. The van der Waals surface area contributed by atoms with Gasteiger partial charge >= 0.3 is 0 Å². The van der Waals surface area contributed by atoms with Gasteiger partial charge in [-0.1, -0.05) is 23.9 Å². The van der Waals surface area contributed by atoms with E-state index >= 15 is 0 Å². The number of rotatable bonds is 5. The number of ether oxygens (including phenoxy) is 1. The van der Waals surface area contributed by atoms with Crippen LogP contribution in [0.3, 0.4) is 0 Å². The van der Waals surface area contributed by atoms with Gasteiger partial charge in [-0.05, 0) is 24.1 Å². The topological polar surface area (TPSA) is 76.0 Å². The molecule has 2 saturated heterocycles. The van der Waals surface area contributed by atoms with Crippen molar-refractivity contribution in [2.45, 2.75) is 17.7 Å². The van der Waals surface area contributed by atoms with Gasteiger partial charge in [0.15, 0.2) is 15.0 Å². The molecule has 2 fully saturated rings. The smallest absolute Gasteiger partial charge is 0.274 e. The minimum Gasteiger partial charge on any atom is -0.375 e. The third-order valence-electron chi connectivity index (χ3n) is 4.22. The first-order valence-electron chi connectivity index (χ1n) is 7.86. The SMILES string of the molecule is COCC(=O)N=C1S[C@@H]2CS(=O)(=O)C[C@H]2N1CCc1ccc(F)cc1. The fourth-order valence-corrected chi connectivity index (χ4v) is 7.06. The van der Waals surface area contributed by atoms with Crippen molar-refractivity contribution < 1.29 is 22.3 Å². The summed E-state index contributed by atoms with van der Waals surface area (Å²) in [5.74, 6) is -0.507. The minimum atomic E-state index is -3.07. The van der Waals surface area contributed by atoms with Crippen molar-refractivity contribution in [3.8, 4) is 0 Å². The summed E-state index contributed by atoms with van der Waals surface area (Å²) in [4.78, 5) is 17.8. The van der Waals surface area contributed by atoms with E-state index in [0.29, 0.717) is 18.1 Å². The molecule has 2 aliphatic heterocycles. The largest absolute Gasteiger partial charge is 0.375 e. The predicted molar refractivity (Wildman–Crippen MR) is 94.9 cm³/mol. The average Bonchev–Trinajstić information content (AvgIpc) is 2.98. The highest BCUT2D eigenvalue weighted by atomic mass is 32.2. The minimum absolute atomic E-state index is 0.0750. The zero-order chi connectivity index (χ0) is 18.0. The van der Waals surface area contributed by atoms with Gasteiger partial charge in [-0.2, -0.15) is 4.99 Å². The van der Waals surface area contributed by atoms with Gasteiger partial charge in [0.05, 0.1) is 17.5 Å². The Morgan fingerprint density at radius 1 is 1.36 bits per heavy atom. The van der Waals surface area contributed by atoms with Gasteiger partial charge in [-0.3, -0.25) is 4.79 Å². The monoisotopic (exact) mass is 386 g/mol. The van der Waals surface area contributed by atoms with Crippen LogP contribution in [-0.4, -0.2) is 67.5 Å². The maximum Gasteiger partial charge on any atom is 0.274 e. The Labute approximate surface area is 150 Å². The predicted octanol–water partition coefficient (Wildman–Crippen LogP) is 1.11. The second kappa shape index (κ2) is 7.43. The molecule has 2 aliphatic rings. The van der Waals surface area contributed by atoms with Crippen LogP contribution >= 0.6 is 11.8 Å². The molecule has 136 valence electrons. The van der Waals surface area contributed by atoms with Crippen LogP contribution in [0.4, 0.5) is 4.39 Å². The molecule has 2 heterocycles. The van der Waals surface area contributed by atoms with Gasteiger partial charge < -0.3 is 9.64 Å². The Balaban J connectivity index is 1.77. The van der Waals surface area contributed by atoms with E-state index < -0.39 is 9.84 Å². The standard InChI is InChI=1S/C16H19FN2O4S2/c1-23-8-15(20)18-16-19(7-6-11-2-4-12(17)5-3-11)13-9-25(21,22)10-14(13)24-16/h2-5,13-14H,6-10H2,1H3/t13-,14-/m1/s1. The van der Waals surface area contributed by atoms with E-state index in [2.05, 4.69) is 4.99 Å². The number of amides is 1. The summed E-state index contributed by atoms with van der Waals surface area (Å²) in [6.07, 6.45) is 0.613. The number of sulfone groups is 1. The molecule has 0 aliphatic carbocycles. The third kappa shape index (κ3) is 4.39. The lowest BCUT2D eigenvalue weighted by Gasteiger charge is -2.24. The van der Waals surface area contributed by atoms with Gasteiger partial charge in [-0.25, -0.2) is 12.8 Å². The lowest BCUT2D eigenvalue weighted by atomic mass is 10.1. The fraction of sp³-hybridized carbons (Fsp3) is 0.500. The van der Waals surface area contributed by atoms with E-state index in [4.69, 9.17) is 4.74 Å². The first-order chi connectivity index (χ1) is 11.9. The first kappa shape index (κ1) is 18.3. The van der Waals surface area contributed by atoms with Crippen LogP contribution in [0.2, 0.25) is 0 Å². The average molecular weight is 386 g/mol. The summed E-state index contributed by atoms with van der Waals surface area (Å²) in [5, 5.41) is 0.446. The zero-order valence-electron chi connectivity index (χ0n) is 13.7. The van der Waals surface area contributed by atoms with Crippen LogP contribution < -0.4 is 0 Å². The number of aliphatic imine (C=N–C) groups is 1. The van der Waals surface area contributed by atoms with E-state index in [9.17, 15) is 17.6 Å². The molecule has 0 radical (unpaired) electrons. The van der Waals surface area contributed by atoms with Crippen molar-refractivity contribution in [2.24, 2.45) is 4.99 Å². The molecule has 1 amide bonds. The van der Waals surface area contributed by atoms with Crippen molar-refractivity contribution >= 4 is 32.7 Å². The number of thioether (sulfide) groups is 1. The highest BCUT2D eigenvalue weighted by Gasteiger charge is 2.48. The summed E-state index contributed by atoms with van der Waals surface area (Å²) in [6, 6.07) is 6.02. The van der Waals surface area contributed by atoms with Crippen LogP contribution in [0.1, 0.15) is 5.56 Å². The van der Waals surface area contributed by atoms with Crippen molar-refractivity contribution in [1.82, 2.24) is 4.90 Å². The number of amidine groups is 1. The van der Waals surface area contributed by atoms with Crippen LogP contribution in [0, 0.1) is 5.82 Å². The van der Waals surface area contributed by atoms with E-state index in [1.807, 2.05) is 4.90 Å². The van der Waals surface area contributed by atoms with E-state index in [-0.39, 0.29) is 41.1 Å². The molecule has 0 bridgehead atoms. The highest BCUT2D eigenvalue weighted by molar-refractivity contribution is 8.15. The van der Waals surface area contributed by atoms with E-state index in [0.717, 1.165) is 5.56 Å². The Kier molecular flexibility index (Phi) is 5.45. The number of methoxy groups -OCH3 is 1. The van der Waals surface area contributed by atoms with Gasteiger partial charge in [0.2, 0.25) is 0 Å². The third-order valence-corrected chi connectivity index (χ3v) is 7.47. The number of carbonyl (C=O) groups excluding carboxylic acids is 1. The van der Waals surface area contributed by atoms with Gasteiger partial charge in [-0.15, -0.1) is 0 Å². The molecule has 0 N–H and O–H groups in total. The van der Waals surface area contributed by atoms with Gasteiger partial charge in [0.25, 0.3) is 5.91 Å². The van der Waals surface area contributed by atoms with Crippen molar-refractivity contribution in [2.75, 3.05) is 31.8 Å². The summed E-state index contributed by atoms with van der Waals surface area (Å²) >= 11 is 1.34. The summed E-state index contributed by atoms with van der Waals surface area (Å²) in [6.45, 7) is 0.415. The second-order valence-corrected chi connectivity index (χ2v) is 9.45. The summed E-state index contributed by atoms with van der Waals surface area (Å²) in [7, 11) is -1.64. The Morgan fingerprint density at radius 2 is 2.08 bits per heavy atom. The molecule has 9 heteroatoms. The molecule has 1 aromatic rings. The number of fused-ring (bicyclic) bond motifs is 1. The number of hydrogen-bond acceptors (Lipinski definition) is 5. The van der Waals surface area contributed by atoms with Crippen molar-refractivity contribution in [3.63, 3.8) is 0 Å². The zero-order valence-corrected chi connectivity index (χ0v) is 15.4. The van der Waals surface area contributed by atoms with Crippen molar-refractivity contribution in [1.29, 1.82) is 0 Å². The van der Waals surface area contributed by atoms with Crippen molar-refractivity contribution in [3.05, 3.63) is 35.6 Å². The molecular formula is C16H19FN2O4S2. The maximum absolute atomic E-state index is 13.0. The molecule has 0 saturated carbocycles. The van der Waals surface area contributed by atoms with Crippen LogP contribution in [0.5, 0.6) is 0 Å². The quantitative estimate of drug-likeness (QED) is 0.755. The van der Waals surface area contributed by atoms with Gasteiger partial charge in [0.1, 0.15) is 12.4 Å². The Bertz CT molecular complexity index is 780. The summed E-state index contributed by atoms with van der Waals surface area (Å²) < 4.78 is 41.7. The molecule has 6 nitrogen and oxygen atoms in total. The Hall–Kier alpha value is -1.45. The van der Waals surface area contributed by atoms with Gasteiger partial charge in [0, 0.05) is 18.9 Å². The maximum atomic E-state index is 13.0. The number of halogens is 1. The van der Waals surface area contributed by atoms with Crippen LogP contribution in [0.15, 0.2) is 29.3 Å². The van der Waals surface area contributed by atoms with E-state index in [1.54, 1.807) is 12.1 Å². The van der Waals surface area contributed by atoms with E-state index in [1.165, 1.54) is 31.0 Å². The van der Waals surface area contributed by atoms with Crippen LogP contribution in [0.25, 0.3) is 0 Å². The fourth-order valence-electron chi connectivity index (χ4n) is 3.06. The molecule has 1 aromatic carbocycles. The molecule has 25 heavy (non-hydrogen) atoms. The number of hydrogen-bond donors (Lipinski definition) is 0. The summed E-state index contributed by atoms with van der Waals surface area (Å²) in [5.41, 5.74) is 0.943. The van der Waals surface area contributed by atoms with Crippen LogP contribution in [-0.2, 0) is 25.8 Å². The molecule has 0 aromatic heterocycles. The lowest BCUT2D eigenvalue weighted by molar-refractivity contribution is -0.121. The Morgan fingerprint density at radius 3 is 2.76 bits per heavy atom. The number of benzene rings is 1. The lowest BCUT2D eigenvalue weighted by Crippen LogP contribution is -2.39. The normalized spacial score (nSPS) is 26.2. The number of carbonyl (C=O) groups is 1. The highest BCUT2D eigenvalue weighted by Crippen LogP contribution is 2.38. The first-order valence-corrected chi connectivity index (χ1v) is 10.6. The number of nitrogens with zero attached hydrogens (tertiary/aromatic N) is 2. The molecule has 2 atom stereocenters. The second-order valence-electron chi connectivity index (χ2n) is 6.09. The molecular weight excluding hydrogens is 367 g/mol.